The molecule has 0 saturated carbocycles. The fourth-order valence-corrected chi connectivity index (χ4v) is 2.87. The molecule has 1 aliphatic heterocycles. The Bertz CT molecular complexity index is 482. The smallest absolute Gasteiger partial charge is 0.172 e. The van der Waals surface area contributed by atoms with Crippen molar-refractivity contribution in [1.82, 2.24) is 0 Å². The fourth-order valence-electron chi connectivity index (χ4n) is 2.87. The Balaban J connectivity index is 2.35. The molecule has 104 valence electrons. The number of benzene rings is 1. The normalized spacial score (nSPS) is 20.3. The lowest BCUT2D eigenvalue weighted by Gasteiger charge is -2.24. The van der Waals surface area contributed by atoms with Crippen molar-refractivity contribution in [3.63, 3.8) is 0 Å². The number of nitrogens with two attached hydrogens (primary N) is 1. The van der Waals surface area contributed by atoms with E-state index in [1.165, 1.54) is 12.0 Å². The van der Waals surface area contributed by atoms with Gasteiger partial charge in [-0.2, -0.15) is 0 Å². The van der Waals surface area contributed by atoms with Crippen molar-refractivity contribution in [3.05, 3.63) is 29.3 Å². The van der Waals surface area contributed by atoms with Crippen LogP contribution in [-0.4, -0.2) is 24.1 Å². The van der Waals surface area contributed by atoms with Crippen LogP contribution in [0.4, 0.5) is 5.69 Å². The van der Waals surface area contributed by atoms with Crippen LogP contribution >= 0.6 is 0 Å². The Morgan fingerprint density at radius 1 is 1.47 bits per heavy atom. The Morgan fingerprint density at radius 3 is 2.79 bits per heavy atom. The molecule has 1 aromatic carbocycles. The summed E-state index contributed by atoms with van der Waals surface area (Å²) in [4.78, 5) is 2.37. The van der Waals surface area contributed by atoms with Gasteiger partial charge in [0.2, 0.25) is 0 Å². The third-order valence-corrected chi connectivity index (χ3v) is 4.11. The van der Waals surface area contributed by atoms with Crippen LogP contribution in [0, 0.1) is 18.8 Å². The third-order valence-electron chi connectivity index (χ3n) is 4.11. The molecular weight excluding hydrogens is 238 g/mol. The average molecular weight is 261 g/mol. The van der Waals surface area contributed by atoms with Crippen molar-refractivity contribution in [2.75, 3.05) is 18.0 Å². The summed E-state index contributed by atoms with van der Waals surface area (Å²) in [5.74, 6) is 1.60. The summed E-state index contributed by atoms with van der Waals surface area (Å²) in [5, 5.41) is 12.1. The van der Waals surface area contributed by atoms with Crippen LogP contribution in [0.1, 0.15) is 31.4 Å². The van der Waals surface area contributed by atoms with Gasteiger partial charge in [0.05, 0.1) is 5.69 Å². The number of oxime groups is 1. The van der Waals surface area contributed by atoms with E-state index in [9.17, 15) is 0 Å². The standard InChI is InChI=1S/C15H23N3O/c1-10(2)12-7-8-18(9-12)14-11(3)5-4-6-13(14)15(16)17-19/h4-6,10,12,19H,7-9H2,1-3H3,(H2,16,17). The summed E-state index contributed by atoms with van der Waals surface area (Å²) in [6.45, 7) is 8.72. The highest BCUT2D eigenvalue weighted by atomic mass is 16.4. The lowest BCUT2D eigenvalue weighted by Crippen LogP contribution is -2.26. The van der Waals surface area contributed by atoms with Gasteiger partial charge in [-0.3, -0.25) is 0 Å². The number of hydrogen-bond acceptors (Lipinski definition) is 3. The minimum Gasteiger partial charge on any atom is -0.409 e. The van der Waals surface area contributed by atoms with Crippen LogP contribution in [0.3, 0.4) is 0 Å². The molecule has 4 heteroatoms. The van der Waals surface area contributed by atoms with Gasteiger partial charge in [0.1, 0.15) is 0 Å². The molecule has 0 aromatic heterocycles. The number of amidine groups is 1. The molecule has 1 saturated heterocycles. The molecule has 0 radical (unpaired) electrons. The monoisotopic (exact) mass is 261 g/mol. The van der Waals surface area contributed by atoms with E-state index in [-0.39, 0.29) is 5.84 Å². The molecule has 1 unspecified atom stereocenters. The summed E-state index contributed by atoms with van der Waals surface area (Å²) < 4.78 is 0. The van der Waals surface area contributed by atoms with E-state index >= 15 is 0 Å². The van der Waals surface area contributed by atoms with Gasteiger partial charge in [0, 0.05) is 18.7 Å². The minimum absolute atomic E-state index is 0.187. The Labute approximate surface area is 114 Å². The maximum absolute atomic E-state index is 8.93. The zero-order chi connectivity index (χ0) is 14.0. The largest absolute Gasteiger partial charge is 0.409 e. The number of nitrogens with zero attached hydrogens (tertiary/aromatic N) is 2. The van der Waals surface area contributed by atoms with E-state index in [4.69, 9.17) is 10.9 Å². The van der Waals surface area contributed by atoms with Crippen LogP contribution in [0.2, 0.25) is 0 Å². The van der Waals surface area contributed by atoms with Crippen molar-refractivity contribution in [1.29, 1.82) is 0 Å². The van der Waals surface area contributed by atoms with Crippen LogP contribution in [0.5, 0.6) is 0 Å². The van der Waals surface area contributed by atoms with Gasteiger partial charge >= 0.3 is 0 Å². The lowest BCUT2D eigenvalue weighted by atomic mass is 9.95. The van der Waals surface area contributed by atoms with Gasteiger partial charge in [-0.15, -0.1) is 0 Å². The summed E-state index contributed by atoms with van der Waals surface area (Å²) in [6.07, 6.45) is 1.21. The maximum atomic E-state index is 8.93. The Hall–Kier alpha value is -1.71. The van der Waals surface area contributed by atoms with Gasteiger partial charge in [-0.1, -0.05) is 31.1 Å². The van der Waals surface area contributed by atoms with Crippen molar-refractivity contribution in [3.8, 4) is 0 Å². The van der Waals surface area contributed by atoms with Crippen LogP contribution in [0.15, 0.2) is 23.4 Å². The molecule has 0 amide bonds. The number of para-hydroxylation sites is 1. The predicted octanol–water partition coefficient (Wildman–Crippen LogP) is 2.57. The molecule has 3 N–H and O–H groups in total. The SMILES string of the molecule is Cc1cccc(/C(N)=N/O)c1N1CCC(C(C)C)C1. The number of rotatable bonds is 3. The first-order valence-electron chi connectivity index (χ1n) is 6.87. The van der Waals surface area contributed by atoms with Crippen LogP contribution in [-0.2, 0) is 0 Å². The molecule has 0 spiro atoms. The molecule has 2 rings (SSSR count). The first kappa shape index (κ1) is 13.7. The topological polar surface area (TPSA) is 61.9 Å². The van der Waals surface area contributed by atoms with Crippen LogP contribution < -0.4 is 10.6 Å². The first-order valence-corrected chi connectivity index (χ1v) is 6.87. The Morgan fingerprint density at radius 2 is 2.21 bits per heavy atom. The van der Waals surface area contributed by atoms with E-state index in [2.05, 4.69) is 36.9 Å². The highest BCUT2D eigenvalue weighted by Crippen LogP contribution is 2.32. The Kier molecular flexibility index (Phi) is 3.98. The maximum Gasteiger partial charge on any atom is 0.172 e. The number of anilines is 1. The molecule has 4 nitrogen and oxygen atoms in total. The fraction of sp³-hybridized carbons (Fsp3) is 0.533. The average Bonchev–Trinajstić information content (AvgIpc) is 2.87. The second-order valence-corrected chi connectivity index (χ2v) is 5.70. The summed E-state index contributed by atoms with van der Waals surface area (Å²) >= 11 is 0. The van der Waals surface area contributed by atoms with E-state index in [0.717, 1.165) is 30.3 Å². The number of aryl methyl sites for hydroxylation is 1. The quantitative estimate of drug-likeness (QED) is 0.380. The van der Waals surface area contributed by atoms with E-state index in [1.54, 1.807) is 0 Å². The van der Waals surface area contributed by atoms with E-state index < -0.39 is 0 Å². The van der Waals surface area contributed by atoms with Crippen molar-refractivity contribution < 1.29 is 5.21 Å². The second kappa shape index (κ2) is 5.51. The van der Waals surface area contributed by atoms with Gasteiger partial charge in [-0.25, -0.2) is 0 Å². The van der Waals surface area contributed by atoms with Crippen LogP contribution in [0.25, 0.3) is 0 Å². The lowest BCUT2D eigenvalue weighted by molar-refractivity contribution is 0.318. The molecule has 1 aliphatic rings. The minimum atomic E-state index is 0.187. The zero-order valence-corrected chi connectivity index (χ0v) is 11.9. The molecule has 1 fully saturated rings. The molecule has 0 bridgehead atoms. The molecule has 1 aromatic rings. The first-order chi connectivity index (χ1) is 9.04. The van der Waals surface area contributed by atoms with E-state index in [1.807, 2.05) is 12.1 Å². The van der Waals surface area contributed by atoms with E-state index in [0.29, 0.717) is 5.92 Å². The molecule has 1 heterocycles. The van der Waals surface area contributed by atoms with Gasteiger partial charge in [0.15, 0.2) is 5.84 Å². The van der Waals surface area contributed by atoms with Crippen molar-refractivity contribution in [2.24, 2.45) is 22.7 Å². The number of hydrogen-bond donors (Lipinski definition) is 2. The van der Waals surface area contributed by atoms with Gasteiger partial charge in [-0.05, 0) is 36.8 Å². The molecule has 0 aliphatic carbocycles. The third kappa shape index (κ3) is 2.67. The molecule has 1 atom stereocenters. The van der Waals surface area contributed by atoms with Gasteiger partial charge < -0.3 is 15.8 Å². The second-order valence-electron chi connectivity index (χ2n) is 5.70. The predicted molar refractivity (Wildman–Crippen MR) is 78.8 cm³/mol. The van der Waals surface area contributed by atoms with Crippen molar-refractivity contribution in [2.45, 2.75) is 27.2 Å². The highest BCUT2D eigenvalue weighted by Gasteiger charge is 2.27. The van der Waals surface area contributed by atoms with Crippen molar-refractivity contribution >= 4 is 11.5 Å². The zero-order valence-electron chi connectivity index (χ0n) is 11.9. The summed E-state index contributed by atoms with van der Waals surface area (Å²) in [5.41, 5.74) is 8.91. The molecular formula is C15H23N3O. The highest BCUT2D eigenvalue weighted by molar-refractivity contribution is 6.02. The van der Waals surface area contributed by atoms with Gasteiger partial charge in [0.25, 0.3) is 0 Å². The summed E-state index contributed by atoms with van der Waals surface area (Å²) in [7, 11) is 0. The molecule has 19 heavy (non-hydrogen) atoms. The summed E-state index contributed by atoms with van der Waals surface area (Å²) in [6, 6.07) is 5.94.